The molecule has 0 saturated heterocycles. The first kappa shape index (κ1) is 23.9. The van der Waals surface area contributed by atoms with Crippen LogP contribution in [-0.4, -0.2) is 22.3 Å². The second kappa shape index (κ2) is 6.89. The van der Waals surface area contributed by atoms with Crippen LogP contribution >= 0.6 is 0 Å². The Labute approximate surface area is 201 Å². The molecule has 33 heavy (non-hydrogen) atoms. The zero-order chi connectivity index (χ0) is 24.2. The molecule has 5 aliphatic carbocycles. The first-order valence-electron chi connectivity index (χ1n) is 13.8. The third-order valence-corrected chi connectivity index (χ3v) is 12.9. The standard InChI is InChI=1S/C30H48O3/c1-25(2)14-15-27(5)16-17-30(24(32)33)19(20(27)18-25)8-9-22-28(6)12-11-23(31)26(3,4)21(28)10-13-29(22,30)7/h8,20-23,31H,9-18H2,1-7H3,(H,32,33)/t20-,21-,22+,23?,27+,28-,29+,30+/m0/s1. The Morgan fingerprint density at radius 2 is 1.55 bits per heavy atom. The molecule has 0 aromatic carbocycles. The molecule has 3 heteroatoms. The minimum atomic E-state index is -0.721. The summed E-state index contributed by atoms with van der Waals surface area (Å²) in [6, 6.07) is 0. The van der Waals surface area contributed by atoms with Gasteiger partial charge >= 0.3 is 5.97 Å². The monoisotopic (exact) mass is 456 g/mol. The van der Waals surface area contributed by atoms with Crippen molar-refractivity contribution in [2.45, 2.75) is 119 Å². The second-order valence-electron chi connectivity index (χ2n) is 15.1. The number of hydrogen-bond acceptors (Lipinski definition) is 2. The lowest BCUT2D eigenvalue weighted by atomic mass is 9.33. The van der Waals surface area contributed by atoms with Crippen molar-refractivity contribution >= 4 is 5.97 Å². The van der Waals surface area contributed by atoms with E-state index < -0.39 is 11.4 Å². The van der Waals surface area contributed by atoms with E-state index in [-0.39, 0.29) is 33.2 Å². The summed E-state index contributed by atoms with van der Waals surface area (Å²) < 4.78 is 0. The van der Waals surface area contributed by atoms with E-state index in [0.717, 1.165) is 51.4 Å². The van der Waals surface area contributed by atoms with Crippen LogP contribution < -0.4 is 0 Å². The Hall–Kier alpha value is -0.830. The number of allylic oxidation sites excluding steroid dienone is 1. The summed E-state index contributed by atoms with van der Waals surface area (Å²) in [5, 5.41) is 22.0. The summed E-state index contributed by atoms with van der Waals surface area (Å²) in [7, 11) is 0. The molecule has 0 aromatic rings. The highest BCUT2D eigenvalue weighted by Crippen LogP contribution is 2.75. The van der Waals surface area contributed by atoms with Crippen LogP contribution in [-0.2, 0) is 4.79 Å². The van der Waals surface area contributed by atoms with Gasteiger partial charge in [0.05, 0.1) is 11.5 Å². The molecule has 0 aliphatic heterocycles. The molecule has 0 heterocycles. The van der Waals surface area contributed by atoms with E-state index in [1.165, 1.54) is 18.4 Å². The van der Waals surface area contributed by atoms with E-state index in [2.05, 4.69) is 54.5 Å². The van der Waals surface area contributed by atoms with Gasteiger partial charge in [0, 0.05) is 0 Å². The fraction of sp³-hybridized carbons (Fsp3) is 0.900. The topological polar surface area (TPSA) is 57.5 Å². The molecule has 0 amide bonds. The number of rotatable bonds is 1. The van der Waals surface area contributed by atoms with Gasteiger partial charge in [0.2, 0.25) is 0 Å². The quantitative estimate of drug-likeness (QED) is 0.409. The van der Waals surface area contributed by atoms with Crippen molar-refractivity contribution in [1.82, 2.24) is 0 Å². The Morgan fingerprint density at radius 3 is 2.21 bits per heavy atom. The molecule has 186 valence electrons. The van der Waals surface area contributed by atoms with Gasteiger partial charge in [-0.05, 0) is 109 Å². The molecule has 0 bridgehead atoms. The van der Waals surface area contributed by atoms with E-state index in [1.807, 2.05) is 0 Å². The number of carboxylic acids is 1. The molecule has 2 N–H and O–H groups in total. The van der Waals surface area contributed by atoms with Crippen molar-refractivity contribution < 1.29 is 15.0 Å². The van der Waals surface area contributed by atoms with E-state index >= 15 is 0 Å². The van der Waals surface area contributed by atoms with Gasteiger partial charge in [-0.3, -0.25) is 4.79 Å². The zero-order valence-electron chi connectivity index (χ0n) is 22.3. The minimum absolute atomic E-state index is 0.0901. The number of hydrogen-bond donors (Lipinski definition) is 2. The van der Waals surface area contributed by atoms with Crippen molar-refractivity contribution in [2.24, 2.45) is 50.2 Å². The van der Waals surface area contributed by atoms with Gasteiger partial charge in [0.15, 0.2) is 0 Å². The number of aliphatic hydroxyl groups is 1. The molecular weight excluding hydrogens is 408 g/mol. The Bertz CT molecular complexity index is 885. The minimum Gasteiger partial charge on any atom is -0.481 e. The van der Waals surface area contributed by atoms with Crippen LogP contribution in [0.15, 0.2) is 11.6 Å². The van der Waals surface area contributed by atoms with Crippen LogP contribution in [0.25, 0.3) is 0 Å². The third-order valence-electron chi connectivity index (χ3n) is 12.9. The van der Waals surface area contributed by atoms with Gasteiger partial charge in [0.1, 0.15) is 0 Å². The van der Waals surface area contributed by atoms with E-state index in [0.29, 0.717) is 17.8 Å². The maximum absolute atomic E-state index is 13.5. The summed E-state index contributed by atoms with van der Waals surface area (Å²) in [5.74, 6) is 0.675. The molecule has 3 nitrogen and oxygen atoms in total. The summed E-state index contributed by atoms with van der Waals surface area (Å²) in [6.07, 6.45) is 12.6. The van der Waals surface area contributed by atoms with Crippen molar-refractivity contribution in [3.8, 4) is 0 Å². The number of aliphatic hydroxyl groups excluding tert-OH is 1. The summed E-state index contributed by atoms with van der Waals surface area (Å²) >= 11 is 0. The SMILES string of the molecule is CC1(C)CC[C@]2(C)CC[C@]3(C(=O)O)C(=CC[C@@H]4[C@@]5(C)CCC(O)C(C)(C)[C@@H]5CC[C@]43C)[C@@H]2C1. The highest BCUT2D eigenvalue weighted by atomic mass is 16.4. The van der Waals surface area contributed by atoms with E-state index in [4.69, 9.17) is 0 Å². The van der Waals surface area contributed by atoms with Gasteiger partial charge in [-0.1, -0.05) is 60.1 Å². The molecule has 8 atom stereocenters. The Kier molecular flexibility index (Phi) is 4.99. The normalized spacial score (nSPS) is 52.4. The highest BCUT2D eigenvalue weighted by Gasteiger charge is 2.71. The predicted octanol–water partition coefficient (Wildman–Crippen LogP) is 7.23. The summed E-state index contributed by atoms with van der Waals surface area (Å²) in [5.41, 5.74) is 0.906. The molecule has 5 rings (SSSR count). The zero-order valence-corrected chi connectivity index (χ0v) is 22.3. The largest absolute Gasteiger partial charge is 0.481 e. The van der Waals surface area contributed by atoms with Crippen molar-refractivity contribution in [2.75, 3.05) is 0 Å². The van der Waals surface area contributed by atoms with Crippen LogP contribution in [0.3, 0.4) is 0 Å². The number of aliphatic carboxylic acids is 1. The Morgan fingerprint density at radius 1 is 0.879 bits per heavy atom. The van der Waals surface area contributed by atoms with E-state index in [9.17, 15) is 15.0 Å². The lowest BCUT2D eigenvalue weighted by Crippen LogP contribution is -2.66. The maximum atomic E-state index is 13.5. The second-order valence-corrected chi connectivity index (χ2v) is 15.1. The number of carbonyl (C=O) groups is 1. The molecule has 1 unspecified atom stereocenters. The van der Waals surface area contributed by atoms with Crippen molar-refractivity contribution in [1.29, 1.82) is 0 Å². The fourth-order valence-corrected chi connectivity index (χ4v) is 10.6. The lowest BCUT2D eigenvalue weighted by molar-refractivity contribution is -0.213. The highest BCUT2D eigenvalue weighted by molar-refractivity contribution is 5.81. The molecule has 0 radical (unpaired) electrons. The van der Waals surface area contributed by atoms with Gasteiger partial charge in [-0.25, -0.2) is 0 Å². The molecule has 4 fully saturated rings. The molecule has 4 saturated carbocycles. The van der Waals surface area contributed by atoms with Crippen molar-refractivity contribution in [3.05, 3.63) is 11.6 Å². The van der Waals surface area contributed by atoms with Crippen LogP contribution in [0.1, 0.15) is 113 Å². The summed E-state index contributed by atoms with van der Waals surface area (Å²) in [6.45, 7) is 16.6. The van der Waals surface area contributed by atoms with E-state index in [1.54, 1.807) is 0 Å². The average Bonchev–Trinajstić information content (AvgIpc) is 2.71. The fourth-order valence-electron chi connectivity index (χ4n) is 10.6. The molecule has 0 aromatic heterocycles. The lowest BCUT2D eigenvalue weighted by Gasteiger charge is -2.70. The van der Waals surface area contributed by atoms with Crippen LogP contribution in [0, 0.1) is 50.2 Å². The van der Waals surface area contributed by atoms with Crippen molar-refractivity contribution in [3.63, 3.8) is 0 Å². The van der Waals surface area contributed by atoms with Crippen LogP contribution in [0.4, 0.5) is 0 Å². The molecular formula is C30H48O3. The van der Waals surface area contributed by atoms with Gasteiger partial charge < -0.3 is 10.2 Å². The average molecular weight is 457 g/mol. The maximum Gasteiger partial charge on any atom is 0.314 e. The van der Waals surface area contributed by atoms with Gasteiger partial charge in [-0.15, -0.1) is 0 Å². The smallest absolute Gasteiger partial charge is 0.314 e. The molecule has 5 aliphatic rings. The van der Waals surface area contributed by atoms with Crippen LogP contribution in [0.2, 0.25) is 0 Å². The van der Waals surface area contributed by atoms with Crippen LogP contribution in [0.5, 0.6) is 0 Å². The summed E-state index contributed by atoms with van der Waals surface area (Å²) in [4.78, 5) is 13.5. The first-order chi connectivity index (χ1) is 15.1. The molecule has 0 spiro atoms. The third kappa shape index (κ3) is 2.87. The number of carboxylic acid groups (broad SMARTS) is 1. The Balaban J connectivity index is 1.64. The first-order valence-corrected chi connectivity index (χ1v) is 13.8. The van der Waals surface area contributed by atoms with Gasteiger partial charge in [0.25, 0.3) is 0 Å². The van der Waals surface area contributed by atoms with Gasteiger partial charge in [-0.2, -0.15) is 0 Å². The predicted molar refractivity (Wildman–Crippen MR) is 133 cm³/mol. The number of fused-ring (bicyclic) bond motifs is 7.